The fourth-order valence-corrected chi connectivity index (χ4v) is 7.78. The Morgan fingerprint density at radius 2 is 1.77 bits per heavy atom. The molecule has 9 nitrogen and oxygen atoms in total. The van der Waals surface area contributed by atoms with E-state index >= 15 is 0 Å². The molecule has 0 radical (unpaired) electrons. The monoisotopic (exact) mass is 533 g/mol. The maximum Gasteiger partial charge on any atom is 0.270 e. The Kier molecular flexibility index (Phi) is 6.97. The highest BCUT2D eigenvalue weighted by Crippen LogP contribution is 2.55. The van der Waals surface area contributed by atoms with Gasteiger partial charge in [0.1, 0.15) is 11.5 Å². The fraction of sp³-hybridized carbons (Fsp3) is 0.567. The number of carbonyl (C=O) groups excluding carboxylic acids is 2. The molecule has 2 amide bonds. The highest BCUT2D eigenvalue weighted by Gasteiger charge is 2.55. The van der Waals surface area contributed by atoms with Crippen molar-refractivity contribution in [1.82, 2.24) is 15.6 Å². The van der Waals surface area contributed by atoms with Crippen LogP contribution in [0.5, 0.6) is 0 Å². The predicted octanol–water partition coefficient (Wildman–Crippen LogP) is 2.19. The zero-order valence-corrected chi connectivity index (χ0v) is 22.6. The highest BCUT2D eigenvalue weighted by molar-refractivity contribution is 5.94. The van der Waals surface area contributed by atoms with Crippen molar-refractivity contribution in [2.75, 3.05) is 42.6 Å². The van der Waals surface area contributed by atoms with Gasteiger partial charge in [-0.3, -0.25) is 9.59 Å². The third kappa shape index (κ3) is 5.22. The first-order chi connectivity index (χ1) is 18.8. The number of anilines is 2. The molecule has 1 aliphatic heterocycles. The van der Waals surface area contributed by atoms with Crippen molar-refractivity contribution in [2.24, 2.45) is 17.8 Å². The van der Waals surface area contributed by atoms with Crippen LogP contribution in [0.15, 0.2) is 42.5 Å². The smallest absolute Gasteiger partial charge is 0.270 e. The molecular weight excluding hydrogens is 494 g/mol. The molecule has 1 aromatic carbocycles. The number of pyridine rings is 1. The summed E-state index contributed by atoms with van der Waals surface area (Å²) < 4.78 is 0. The molecule has 5 fully saturated rings. The first kappa shape index (κ1) is 26.1. The largest absolute Gasteiger partial charge is 0.395 e. The van der Waals surface area contributed by atoms with Gasteiger partial charge in [-0.15, -0.1) is 0 Å². The number of rotatable bonds is 7. The van der Waals surface area contributed by atoms with E-state index < -0.39 is 5.60 Å². The average molecular weight is 534 g/mol. The molecule has 5 aliphatic rings. The molecule has 4 N–H and O–H groups in total. The van der Waals surface area contributed by atoms with Gasteiger partial charge in [0, 0.05) is 49.5 Å². The zero-order valence-electron chi connectivity index (χ0n) is 22.6. The molecule has 4 saturated carbocycles. The number of hydrogen-bond acceptors (Lipinski definition) is 7. The van der Waals surface area contributed by atoms with E-state index in [1.807, 2.05) is 36.4 Å². The van der Waals surface area contributed by atoms with Crippen molar-refractivity contribution in [1.29, 1.82) is 0 Å². The van der Waals surface area contributed by atoms with E-state index in [2.05, 4.69) is 27.4 Å². The summed E-state index contributed by atoms with van der Waals surface area (Å²) in [6, 6.07) is 13.5. The minimum atomic E-state index is -0.509. The maximum atomic E-state index is 13.3. The van der Waals surface area contributed by atoms with E-state index in [-0.39, 0.29) is 37.0 Å². The summed E-state index contributed by atoms with van der Waals surface area (Å²) in [6.45, 7) is 4.68. The van der Waals surface area contributed by atoms with E-state index in [4.69, 9.17) is 10.1 Å². The van der Waals surface area contributed by atoms with E-state index in [0.717, 1.165) is 63.2 Å². The van der Waals surface area contributed by atoms with Gasteiger partial charge in [-0.1, -0.05) is 6.07 Å². The van der Waals surface area contributed by atoms with E-state index in [9.17, 15) is 14.7 Å². The van der Waals surface area contributed by atoms with Crippen LogP contribution >= 0.6 is 0 Å². The van der Waals surface area contributed by atoms with E-state index in [0.29, 0.717) is 29.0 Å². The summed E-state index contributed by atoms with van der Waals surface area (Å²) in [6.07, 6.45) is 4.76. The predicted molar refractivity (Wildman–Crippen MR) is 149 cm³/mol. The lowest BCUT2D eigenvalue weighted by atomic mass is 9.52. The Balaban J connectivity index is 1.08. The molecule has 2 unspecified atom stereocenters. The molecule has 39 heavy (non-hydrogen) atoms. The van der Waals surface area contributed by atoms with Gasteiger partial charge >= 0.3 is 0 Å². The van der Waals surface area contributed by atoms with Crippen LogP contribution in [0.2, 0.25) is 0 Å². The van der Waals surface area contributed by atoms with Crippen LogP contribution < -0.4 is 20.4 Å². The number of aliphatic hydroxyl groups is 2. The van der Waals surface area contributed by atoms with Crippen LogP contribution in [0.1, 0.15) is 59.9 Å². The number of nitrogens with one attached hydrogen (secondary N) is 2. The van der Waals surface area contributed by atoms with Crippen molar-refractivity contribution in [3.63, 3.8) is 0 Å². The quantitative estimate of drug-likeness (QED) is 0.431. The van der Waals surface area contributed by atoms with Gasteiger partial charge in [0.2, 0.25) is 0 Å². The molecule has 4 bridgehead atoms. The van der Waals surface area contributed by atoms with Crippen molar-refractivity contribution in [3.05, 3.63) is 53.7 Å². The SMILES string of the molecule is C[C@@H]1CN(c2ccc(C(=O)NCCO)cc2)CCN1c1cccc(C(=O)NC2C3CC4CC2CC(O)(C4)C3)n1. The Morgan fingerprint density at radius 1 is 1.03 bits per heavy atom. The molecule has 4 aliphatic carbocycles. The molecule has 1 aromatic heterocycles. The van der Waals surface area contributed by atoms with Gasteiger partial charge in [0.25, 0.3) is 11.8 Å². The van der Waals surface area contributed by atoms with Crippen LogP contribution in [0.3, 0.4) is 0 Å². The van der Waals surface area contributed by atoms with Crippen LogP contribution in [0.25, 0.3) is 0 Å². The molecular formula is C30H39N5O4. The second-order valence-electron chi connectivity index (χ2n) is 12.1. The third-order valence-corrected chi connectivity index (χ3v) is 9.32. The molecule has 1 saturated heterocycles. The molecule has 7 rings (SSSR count). The van der Waals surface area contributed by atoms with Crippen molar-refractivity contribution in [2.45, 2.75) is 56.7 Å². The highest BCUT2D eigenvalue weighted by atomic mass is 16.3. The van der Waals surface area contributed by atoms with Gasteiger partial charge in [-0.25, -0.2) is 4.98 Å². The molecule has 208 valence electrons. The summed E-state index contributed by atoms with van der Waals surface area (Å²) in [5.74, 6) is 1.85. The molecule has 2 aromatic rings. The minimum Gasteiger partial charge on any atom is -0.395 e. The Morgan fingerprint density at radius 3 is 2.44 bits per heavy atom. The Hall–Kier alpha value is -3.17. The Bertz CT molecular complexity index is 1200. The van der Waals surface area contributed by atoms with Crippen molar-refractivity contribution < 1.29 is 19.8 Å². The Labute approximate surface area is 229 Å². The minimum absolute atomic E-state index is 0.0819. The second-order valence-corrected chi connectivity index (χ2v) is 12.1. The standard InChI is InChI=1S/C30H39N5O4/c1-19-18-34(24-7-5-21(6-8-24)28(37)31-9-12-36)10-11-35(19)26-4-2-3-25(32-26)29(38)33-27-22-13-20-14-23(27)17-30(39,15-20)16-22/h2-8,19-20,22-23,27,36,39H,9-18H2,1H3,(H,31,37)(H,33,38)/t19-,20?,22?,23?,27?,30?/m1/s1. The first-order valence-corrected chi connectivity index (χ1v) is 14.3. The number of aromatic nitrogens is 1. The van der Waals surface area contributed by atoms with Gasteiger partial charge in [-0.05, 0) is 93.2 Å². The van der Waals surface area contributed by atoms with E-state index in [1.54, 1.807) is 6.07 Å². The summed E-state index contributed by atoms with van der Waals surface area (Å²) >= 11 is 0. The number of hydrogen-bond donors (Lipinski definition) is 4. The van der Waals surface area contributed by atoms with Crippen LogP contribution in [0, 0.1) is 17.8 Å². The third-order valence-electron chi connectivity index (χ3n) is 9.32. The number of amides is 2. The average Bonchev–Trinajstić information content (AvgIpc) is 2.92. The molecule has 3 atom stereocenters. The molecule has 0 spiro atoms. The zero-order chi connectivity index (χ0) is 27.1. The van der Waals surface area contributed by atoms with Crippen LogP contribution in [0.4, 0.5) is 11.5 Å². The normalized spacial score (nSPS) is 31.3. The number of nitrogens with zero attached hydrogens (tertiary/aromatic N) is 3. The number of piperazine rings is 1. The number of benzene rings is 1. The lowest BCUT2D eigenvalue weighted by Gasteiger charge is -2.58. The number of carbonyl (C=O) groups is 2. The summed E-state index contributed by atoms with van der Waals surface area (Å²) in [5.41, 5.74) is 1.57. The maximum absolute atomic E-state index is 13.3. The van der Waals surface area contributed by atoms with Gasteiger partial charge in [-0.2, -0.15) is 0 Å². The van der Waals surface area contributed by atoms with Crippen LogP contribution in [-0.4, -0.2) is 77.5 Å². The summed E-state index contributed by atoms with van der Waals surface area (Å²) in [7, 11) is 0. The summed E-state index contributed by atoms with van der Waals surface area (Å²) in [4.78, 5) is 34.8. The van der Waals surface area contributed by atoms with E-state index in [1.165, 1.54) is 0 Å². The van der Waals surface area contributed by atoms with Crippen LogP contribution in [-0.2, 0) is 0 Å². The number of aliphatic hydroxyl groups excluding tert-OH is 1. The lowest BCUT2D eigenvalue weighted by Crippen LogP contribution is -2.61. The van der Waals surface area contributed by atoms with Gasteiger partial charge < -0.3 is 30.6 Å². The first-order valence-electron chi connectivity index (χ1n) is 14.3. The topological polar surface area (TPSA) is 118 Å². The fourth-order valence-electron chi connectivity index (χ4n) is 7.78. The molecule has 9 heteroatoms. The summed E-state index contributed by atoms with van der Waals surface area (Å²) in [5, 5.41) is 25.8. The lowest BCUT2D eigenvalue weighted by molar-refractivity contribution is -0.136. The van der Waals surface area contributed by atoms with Gasteiger partial charge in [0.15, 0.2) is 0 Å². The van der Waals surface area contributed by atoms with Crippen molar-refractivity contribution >= 4 is 23.3 Å². The second kappa shape index (κ2) is 10.4. The molecule has 2 heterocycles. The van der Waals surface area contributed by atoms with Crippen molar-refractivity contribution in [3.8, 4) is 0 Å². The van der Waals surface area contributed by atoms with Gasteiger partial charge in [0.05, 0.1) is 12.2 Å².